The van der Waals surface area contributed by atoms with Crippen LogP contribution in [-0.2, 0) is 11.3 Å². The lowest BCUT2D eigenvalue weighted by Crippen LogP contribution is -2.44. The summed E-state index contributed by atoms with van der Waals surface area (Å²) in [5, 5.41) is 12.8. The minimum Gasteiger partial charge on any atom is -0.508 e. The molecule has 4 aromatic rings. The lowest BCUT2D eigenvalue weighted by molar-refractivity contribution is -0.122. The highest BCUT2D eigenvalue weighted by molar-refractivity contribution is 7.09. The van der Waals surface area contributed by atoms with E-state index < -0.39 is 23.8 Å². The molecule has 4 rings (SSSR count). The molecule has 0 saturated carbocycles. The van der Waals surface area contributed by atoms with E-state index in [0.717, 1.165) is 28.2 Å². The summed E-state index contributed by atoms with van der Waals surface area (Å²) in [5.74, 6) is -1.91. The maximum atomic E-state index is 14.2. The molecular formula is C28H27N5O4S. The van der Waals surface area contributed by atoms with Crippen LogP contribution in [0.2, 0.25) is 0 Å². The number of amides is 3. The monoisotopic (exact) mass is 529 g/mol. The van der Waals surface area contributed by atoms with E-state index in [2.05, 4.69) is 9.69 Å². The summed E-state index contributed by atoms with van der Waals surface area (Å²) in [6.45, 7) is 3.99. The van der Waals surface area contributed by atoms with Crippen LogP contribution >= 0.6 is 11.5 Å². The molecule has 0 radical (unpaired) electrons. The van der Waals surface area contributed by atoms with Gasteiger partial charge in [0, 0.05) is 12.2 Å². The molecule has 38 heavy (non-hydrogen) atoms. The van der Waals surface area contributed by atoms with Gasteiger partial charge in [-0.05, 0) is 65.8 Å². The first kappa shape index (κ1) is 26.4. The number of hydrogen-bond acceptors (Lipinski definition) is 7. The smallest absolute Gasteiger partial charge is 0.273 e. The Morgan fingerprint density at radius 1 is 1.00 bits per heavy atom. The molecule has 3 amide bonds. The molecular weight excluding hydrogens is 502 g/mol. The average molecular weight is 530 g/mol. The van der Waals surface area contributed by atoms with Gasteiger partial charge in [-0.15, -0.1) is 0 Å². The standard InChI is InChI=1S/C28H27N5O4S/c1-16-7-6-10-21(17(16)2)33(28(37)25-22(29)23(26(30)35)32-38-25)24(19-11-13-20(34)14-12-19)27(36)31-15-18-8-4-3-5-9-18/h3-14,24,34H,15,29H2,1-2H3,(H2,30,35)(H,31,36)/t24-/m1/s1. The molecule has 1 aromatic heterocycles. The van der Waals surface area contributed by atoms with Gasteiger partial charge in [0.15, 0.2) is 5.69 Å². The predicted octanol–water partition coefficient (Wildman–Crippen LogP) is 3.85. The molecule has 0 aliphatic rings. The second kappa shape index (κ2) is 11.1. The molecule has 6 N–H and O–H groups in total. The maximum absolute atomic E-state index is 14.2. The van der Waals surface area contributed by atoms with Gasteiger partial charge in [-0.3, -0.25) is 19.3 Å². The Balaban J connectivity index is 1.87. The molecule has 0 fully saturated rings. The number of carbonyl (C=O) groups is 3. The fourth-order valence-corrected chi connectivity index (χ4v) is 4.80. The quantitative estimate of drug-likeness (QED) is 0.272. The van der Waals surface area contributed by atoms with Crippen molar-refractivity contribution in [1.82, 2.24) is 9.69 Å². The Bertz CT molecular complexity index is 1490. The molecule has 0 aliphatic carbocycles. The van der Waals surface area contributed by atoms with E-state index in [9.17, 15) is 19.5 Å². The summed E-state index contributed by atoms with van der Waals surface area (Å²) in [6.07, 6.45) is 0. The van der Waals surface area contributed by atoms with Crippen molar-refractivity contribution in [3.63, 3.8) is 0 Å². The van der Waals surface area contributed by atoms with Crippen LogP contribution in [-0.4, -0.2) is 27.2 Å². The molecule has 194 valence electrons. The lowest BCUT2D eigenvalue weighted by Gasteiger charge is -2.32. The van der Waals surface area contributed by atoms with Gasteiger partial charge in [0.05, 0.1) is 5.69 Å². The third kappa shape index (κ3) is 5.35. The van der Waals surface area contributed by atoms with Crippen LogP contribution in [0.15, 0.2) is 72.8 Å². The van der Waals surface area contributed by atoms with Gasteiger partial charge in [0.2, 0.25) is 5.91 Å². The Hall–Kier alpha value is -4.70. The fraction of sp³-hybridized carbons (Fsp3) is 0.143. The van der Waals surface area contributed by atoms with Crippen LogP contribution in [0.3, 0.4) is 0 Å². The number of hydrogen-bond donors (Lipinski definition) is 4. The number of phenolic OH excluding ortho intramolecular Hbond substituents is 1. The van der Waals surface area contributed by atoms with Crippen molar-refractivity contribution in [3.8, 4) is 5.75 Å². The van der Waals surface area contributed by atoms with Crippen molar-refractivity contribution in [1.29, 1.82) is 0 Å². The number of rotatable bonds is 8. The lowest BCUT2D eigenvalue weighted by atomic mass is 9.99. The highest BCUT2D eigenvalue weighted by Crippen LogP contribution is 2.36. The van der Waals surface area contributed by atoms with Crippen molar-refractivity contribution < 1.29 is 19.5 Å². The SMILES string of the molecule is Cc1cccc(N(C(=O)c2snc(C(N)=O)c2N)[C@@H](C(=O)NCc2ccccc2)c2ccc(O)cc2)c1C. The van der Waals surface area contributed by atoms with Crippen LogP contribution in [0, 0.1) is 13.8 Å². The van der Waals surface area contributed by atoms with Gasteiger partial charge in [-0.25, -0.2) is 0 Å². The van der Waals surface area contributed by atoms with E-state index in [1.165, 1.54) is 17.0 Å². The van der Waals surface area contributed by atoms with Crippen molar-refractivity contribution in [3.05, 3.63) is 106 Å². The van der Waals surface area contributed by atoms with E-state index in [0.29, 0.717) is 11.3 Å². The number of primary amides is 1. The number of nitrogens with zero attached hydrogens (tertiary/aromatic N) is 2. The van der Waals surface area contributed by atoms with Crippen molar-refractivity contribution >= 4 is 40.6 Å². The second-order valence-electron chi connectivity index (χ2n) is 8.73. The van der Waals surface area contributed by atoms with E-state index in [-0.39, 0.29) is 28.6 Å². The average Bonchev–Trinajstić information content (AvgIpc) is 3.30. The normalized spacial score (nSPS) is 11.5. The molecule has 9 nitrogen and oxygen atoms in total. The van der Waals surface area contributed by atoms with Crippen LogP contribution in [0.4, 0.5) is 11.4 Å². The van der Waals surface area contributed by atoms with E-state index in [4.69, 9.17) is 11.5 Å². The number of nitrogens with two attached hydrogens (primary N) is 2. The van der Waals surface area contributed by atoms with Gasteiger partial charge in [0.1, 0.15) is 16.7 Å². The van der Waals surface area contributed by atoms with Crippen LogP contribution < -0.4 is 21.7 Å². The van der Waals surface area contributed by atoms with Crippen molar-refractivity contribution in [2.45, 2.75) is 26.4 Å². The Morgan fingerprint density at radius 3 is 2.32 bits per heavy atom. The highest BCUT2D eigenvalue weighted by Gasteiger charge is 2.36. The minimum absolute atomic E-state index is 0.0135. The number of phenols is 1. The number of anilines is 2. The predicted molar refractivity (Wildman–Crippen MR) is 147 cm³/mol. The summed E-state index contributed by atoms with van der Waals surface area (Å²) < 4.78 is 3.98. The van der Waals surface area contributed by atoms with Crippen molar-refractivity contribution in [2.75, 3.05) is 10.6 Å². The van der Waals surface area contributed by atoms with Crippen LogP contribution in [0.25, 0.3) is 0 Å². The Kier molecular flexibility index (Phi) is 7.73. The summed E-state index contributed by atoms with van der Waals surface area (Å²) in [6, 6.07) is 19.7. The number of benzene rings is 3. The molecule has 1 heterocycles. The molecule has 0 aliphatic heterocycles. The zero-order valence-corrected chi connectivity index (χ0v) is 21.7. The number of aromatic hydroxyl groups is 1. The Labute approximate surface area is 223 Å². The molecule has 3 aromatic carbocycles. The minimum atomic E-state index is -1.15. The molecule has 0 saturated heterocycles. The molecule has 0 spiro atoms. The number of nitrogen functional groups attached to an aromatic ring is 1. The van der Waals surface area contributed by atoms with Crippen molar-refractivity contribution in [2.24, 2.45) is 5.73 Å². The van der Waals surface area contributed by atoms with Gasteiger partial charge < -0.3 is 21.9 Å². The van der Waals surface area contributed by atoms with E-state index in [1.54, 1.807) is 24.3 Å². The summed E-state index contributed by atoms with van der Waals surface area (Å²) in [4.78, 5) is 41.1. The van der Waals surface area contributed by atoms with Gasteiger partial charge in [-0.1, -0.05) is 54.6 Å². The van der Waals surface area contributed by atoms with E-state index in [1.807, 2.05) is 50.2 Å². The summed E-state index contributed by atoms with van der Waals surface area (Å²) in [5.41, 5.74) is 14.7. The van der Waals surface area contributed by atoms with Crippen LogP contribution in [0.1, 0.15) is 48.5 Å². The second-order valence-corrected chi connectivity index (χ2v) is 9.50. The largest absolute Gasteiger partial charge is 0.508 e. The zero-order valence-electron chi connectivity index (χ0n) is 20.8. The maximum Gasteiger partial charge on any atom is 0.273 e. The molecule has 0 bridgehead atoms. The molecule has 1 atom stereocenters. The third-order valence-corrected chi connectivity index (χ3v) is 7.09. The van der Waals surface area contributed by atoms with Crippen LogP contribution in [0.5, 0.6) is 5.75 Å². The first-order valence-electron chi connectivity index (χ1n) is 11.7. The number of aryl methyl sites for hydroxylation is 1. The third-order valence-electron chi connectivity index (χ3n) is 6.23. The van der Waals surface area contributed by atoms with Gasteiger partial charge in [0.25, 0.3) is 11.8 Å². The van der Waals surface area contributed by atoms with E-state index >= 15 is 0 Å². The highest BCUT2D eigenvalue weighted by atomic mass is 32.1. The van der Waals surface area contributed by atoms with Gasteiger partial charge in [-0.2, -0.15) is 4.37 Å². The summed E-state index contributed by atoms with van der Waals surface area (Å²) in [7, 11) is 0. The Morgan fingerprint density at radius 2 is 1.68 bits per heavy atom. The number of carbonyl (C=O) groups excluding carboxylic acids is 3. The topological polar surface area (TPSA) is 152 Å². The molecule has 10 heteroatoms. The zero-order chi connectivity index (χ0) is 27.4. The summed E-state index contributed by atoms with van der Waals surface area (Å²) >= 11 is 0.744. The molecule has 0 unspecified atom stereocenters. The first-order valence-corrected chi connectivity index (χ1v) is 12.5. The van der Waals surface area contributed by atoms with Gasteiger partial charge >= 0.3 is 0 Å². The number of nitrogens with one attached hydrogen (secondary N) is 1. The first-order chi connectivity index (χ1) is 18.2. The number of aromatic nitrogens is 1. The fourth-order valence-electron chi connectivity index (χ4n) is 4.06.